The number of hydrogen-bond acceptors (Lipinski definition) is 0. The average Bonchev–Trinajstić information content (AvgIpc) is 2.15. The topological polar surface area (TPSA) is 0 Å². The fourth-order valence-corrected chi connectivity index (χ4v) is 1.35. The molecule has 0 aromatic heterocycles. The molecule has 0 fully saturated rings. The summed E-state index contributed by atoms with van der Waals surface area (Å²) in [6.07, 6.45) is 2.33. The van der Waals surface area contributed by atoms with Crippen LogP contribution in [0.3, 0.4) is 0 Å². The second-order valence-corrected chi connectivity index (χ2v) is 4.95. The summed E-state index contributed by atoms with van der Waals surface area (Å²) in [4.78, 5) is 0. The minimum Gasteiger partial charge on any atom is -0.0920 e. The second-order valence-electron chi connectivity index (χ2n) is 4.95. The molecule has 0 nitrogen and oxygen atoms in total. The Hall–Kier alpha value is -1.22. The molecule has 0 aliphatic rings. The Morgan fingerprint density at radius 1 is 1.19 bits per heavy atom. The van der Waals surface area contributed by atoms with Crippen LogP contribution in [-0.2, 0) is 6.42 Å². The molecule has 0 aliphatic heterocycles. The summed E-state index contributed by atoms with van der Waals surface area (Å²) in [6.45, 7) is 8.61. The summed E-state index contributed by atoms with van der Waals surface area (Å²) in [5, 5.41) is 0. The maximum atomic E-state index is 3.26. The first-order valence-corrected chi connectivity index (χ1v) is 5.63. The Kier molecular flexibility index (Phi) is 5.89. The van der Waals surface area contributed by atoms with Gasteiger partial charge in [-0.05, 0) is 44.9 Å². The van der Waals surface area contributed by atoms with Crippen LogP contribution in [0.1, 0.15) is 52.7 Å². The molecule has 88 valence electrons. The predicted octanol–water partition coefficient (Wildman–Crippen LogP) is 4.67. The summed E-state index contributed by atoms with van der Waals surface area (Å²) in [5.74, 6) is 6.49. The van der Waals surface area contributed by atoms with Gasteiger partial charge in [0.25, 0.3) is 0 Å². The van der Waals surface area contributed by atoms with Crippen molar-refractivity contribution < 1.29 is 0 Å². The Morgan fingerprint density at radius 3 is 2.44 bits per heavy atom. The Morgan fingerprint density at radius 2 is 1.88 bits per heavy atom. The Bertz CT molecular complexity index is 369. The third kappa shape index (κ3) is 5.61. The van der Waals surface area contributed by atoms with E-state index in [9.17, 15) is 0 Å². The molecule has 1 aromatic rings. The van der Waals surface area contributed by atoms with Gasteiger partial charge in [0, 0.05) is 11.0 Å². The minimum atomic E-state index is 0. The zero-order valence-corrected chi connectivity index (χ0v) is 10.2. The van der Waals surface area contributed by atoms with Crippen molar-refractivity contribution in [2.45, 2.75) is 48.0 Å². The molecule has 0 N–H and O–H groups in total. The SMILES string of the molecule is C.CCCc1cccc(C#CC(C)(C)C)c1. The van der Waals surface area contributed by atoms with Gasteiger partial charge in [-0.15, -0.1) is 0 Å². The van der Waals surface area contributed by atoms with Crippen LogP contribution >= 0.6 is 0 Å². The molecular weight excluding hydrogens is 192 g/mol. The van der Waals surface area contributed by atoms with Crippen LogP contribution in [-0.4, -0.2) is 0 Å². The van der Waals surface area contributed by atoms with E-state index < -0.39 is 0 Å². The zero-order chi connectivity index (χ0) is 11.3. The number of benzene rings is 1. The first-order chi connectivity index (χ1) is 7.01. The van der Waals surface area contributed by atoms with Crippen molar-refractivity contribution in [1.82, 2.24) is 0 Å². The lowest BCUT2D eigenvalue weighted by molar-refractivity contribution is 0.571. The molecule has 1 rings (SSSR count). The smallest absolute Gasteiger partial charge is 0.0248 e. The molecule has 0 aliphatic carbocycles. The summed E-state index contributed by atoms with van der Waals surface area (Å²) in [6, 6.07) is 8.55. The molecule has 0 radical (unpaired) electrons. The maximum Gasteiger partial charge on any atom is 0.0248 e. The predicted molar refractivity (Wildman–Crippen MR) is 73.5 cm³/mol. The van der Waals surface area contributed by atoms with Gasteiger partial charge in [0.15, 0.2) is 0 Å². The number of rotatable bonds is 2. The highest BCUT2D eigenvalue weighted by Gasteiger charge is 2.03. The summed E-state index contributed by atoms with van der Waals surface area (Å²) in [5.41, 5.74) is 2.61. The van der Waals surface area contributed by atoms with Gasteiger partial charge in [0.1, 0.15) is 0 Å². The van der Waals surface area contributed by atoms with Gasteiger partial charge >= 0.3 is 0 Å². The molecule has 16 heavy (non-hydrogen) atoms. The quantitative estimate of drug-likeness (QED) is 0.630. The van der Waals surface area contributed by atoms with E-state index in [-0.39, 0.29) is 12.8 Å². The molecule has 0 saturated heterocycles. The van der Waals surface area contributed by atoms with Crippen LogP contribution in [0, 0.1) is 17.3 Å². The van der Waals surface area contributed by atoms with Crippen LogP contribution in [0.5, 0.6) is 0 Å². The highest BCUT2D eigenvalue weighted by Crippen LogP contribution is 2.12. The van der Waals surface area contributed by atoms with Gasteiger partial charge < -0.3 is 0 Å². The van der Waals surface area contributed by atoms with E-state index in [0.717, 1.165) is 12.0 Å². The zero-order valence-electron chi connectivity index (χ0n) is 10.2. The van der Waals surface area contributed by atoms with Crippen LogP contribution in [0.2, 0.25) is 0 Å². The van der Waals surface area contributed by atoms with E-state index in [2.05, 4.69) is 63.8 Å². The van der Waals surface area contributed by atoms with Crippen molar-refractivity contribution in [2.24, 2.45) is 5.41 Å². The second kappa shape index (κ2) is 6.38. The third-order valence-corrected chi connectivity index (χ3v) is 2.05. The molecule has 0 unspecified atom stereocenters. The molecule has 1 aromatic carbocycles. The first-order valence-electron chi connectivity index (χ1n) is 5.63. The van der Waals surface area contributed by atoms with Crippen LogP contribution < -0.4 is 0 Å². The maximum absolute atomic E-state index is 3.26. The van der Waals surface area contributed by atoms with Gasteiger partial charge in [-0.25, -0.2) is 0 Å². The number of aryl methyl sites for hydroxylation is 1. The Labute approximate surface area is 101 Å². The van der Waals surface area contributed by atoms with Crippen molar-refractivity contribution in [1.29, 1.82) is 0 Å². The van der Waals surface area contributed by atoms with Crippen molar-refractivity contribution in [3.63, 3.8) is 0 Å². The standard InChI is InChI=1S/C15H20.CH4/c1-5-7-13-8-6-9-14(12-13)10-11-15(2,3)4;/h6,8-9,12H,5,7H2,1-4H3;1H4. The molecule has 0 amide bonds. The lowest BCUT2D eigenvalue weighted by Gasteiger charge is -2.07. The Balaban J connectivity index is 0.00000225. The minimum absolute atomic E-state index is 0. The third-order valence-electron chi connectivity index (χ3n) is 2.05. The molecule has 0 saturated carbocycles. The fraction of sp³-hybridized carbons (Fsp3) is 0.500. The van der Waals surface area contributed by atoms with Crippen LogP contribution in [0.4, 0.5) is 0 Å². The van der Waals surface area contributed by atoms with Crippen molar-refractivity contribution in [2.75, 3.05) is 0 Å². The van der Waals surface area contributed by atoms with E-state index >= 15 is 0 Å². The van der Waals surface area contributed by atoms with Gasteiger partial charge in [0.2, 0.25) is 0 Å². The van der Waals surface area contributed by atoms with Crippen molar-refractivity contribution >= 4 is 0 Å². The largest absolute Gasteiger partial charge is 0.0920 e. The van der Waals surface area contributed by atoms with E-state index in [0.29, 0.717) is 0 Å². The highest BCUT2D eigenvalue weighted by molar-refractivity contribution is 5.38. The molecule has 0 atom stereocenters. The first kappa shape index (κ1) is 14.8. The lowest BCUT2D eigenvalue weighted by Crippen LogP contribution is -1.99. The van der Waals surface area contributed by atoms with Gasteiger partial charge in [0.05, 0.1) is 0 Å². The molecule has 0 heteroatoms. The van der Waals surface area contributed by atoms with Crippen LogP contribution in [0.15, 0.2) is 24.3 Å². The summed E-state index contributed by atoms with van der Waals surface area (Å²) >= 11 is 0. The van der Waals surface area contributed by atoms with Gasteiger partial charge in [-0.3, -0.25) is 0 Å². The summed E-state index contributed by atoms with van der Waals surface area (Å²) < 4.78 is 0. The fourth-order valence-electron chi connectivity index (χ4n) is 1.35. The van der Waals surface area contributed by atoms with Crippen LogP contribution in [0.25, 0.3) is 0 Å². The van der Waals surface area contributed by atoms with Crippen molar-refractivity contribution in [3.05, 3.63) is 35.4 Å². The number of hydrogen-bond donors (Lipinski definition) is 0. The van der Waals surface area contributed by atoms with Gasteiger partial charge in [-0.1, -0.05) is 44.7 Å². The van der Waals surface area contributed by atoms with Gasteiger partial charge in [-0.2, -0.15) is 0 Å². The summed E-state index contributed by atoms with van der Waals surface area (Å²) in [7, 11) is 0. The van der Waals surface area contributed by atoms with E-state index in [1.54, 1.807) is 0 Å². The van der Waals surface area contributed by atoms with E-state index in [1.165, 1.54) is 12.0 Å². The van der Waals surface area contributed by atoms with E-state index in [4.69, 9.17) is 0 Å². The average molecular weight is 216 g/mol. The highest BCUT2D eigenvalue weighted by atomic mass is 14.1. The molecule has 0 bridgehead atoms. The molecule has 0 heterocycles. The molecular formula is C16H24. The van der Waals surface area contributed by atoms with E-state index in [1.807, 2.05) is 0 Å². The molecule has 0 spiro atoms. The van der Waals surface area contributed by atoms with Crippen molar-refractivity contribution in [3.8, 4) is 11.8 Å². The lowest BCUT2D eigenvalue weighted by atomic mass is 9.97. The normalized spacial score (nSPS) is 10.0. The monoisotopic (exact) mass is 216 g/mol.